The first-order chi connectivity index (χ1) is 9.69. The third-order valence-electron chi connectivity index (χ3n) is 3.04. The zero-order chi connectivity index (χ0) is 14.4. The van der Waals surface area contributed by atoms with Crippen LogP contribution in [0.5, 0.6) is 0 Å². The number of hydrogen-bond acceptors (Lipinski definition) is 3. The van der Waals surface area contributed by atoms with Crippen molar-refractivity contribution in [3.05, 3.63) is 59.9 Å². The minimum absolute atomic E-state index is 0.0601. The molecule has 1 aromatic heterocycles. The Morgan fingerprint density at radius 1 is 1.25 bits per heavy atom. The molecule has 0 radical (unpaired) electrons. The molecule has 0 aliphatic rings. The number of carbonyl (C=O) groups excluding carboxylic acids is 1. The number of pyridine rings is 1. The molecule has 1 atom stereocenters. The van der Waals surface area contributed by atoms with Crippen LogP contribution in [0.15, 0.2) is 48.7 Å². The van der Waals surface area contributed by atoms with E-state index < -0.39 is 0 Å². The van der Waals surface area contributed by atoms with E-state index >= 15 is 0 Å². The molecule has 104 valence electrons. The molecular formula is C16H19N3O. The molecular weight excluding hydrogens is 250 g/mol. The van der Waals surface area contributed by atoms with Gasteiger partial charge in [-0.25, -0.2) is 0 Å². The topological polar surface area (TPSA) is 54.0 Å². The maximum Gasteiger partial charge on any atom is 0.270 e. The van der Waals surface area contributed by atoms with Gasteiger partial charge >= 0.3 is 0 Å². The smallest absolute Gasteiger partial charge is 0.270 e. The summed E-state index contributed by atoms with van der Waals surface area (Å²) < 4.78 is 0. The van der Waals surface area contributed by atoms with Crippen LogP contribution in [0.3, 0.4) is 0 Å². The van der Waals surface area contributed by atoms with Crippen molar-refractivity contribution < 1.29 is 4.79 Å². The van der Waals surface area contributed by atoms with Gasteiger partial charge in [0, 0.05) is 25.0 Å². The Labute approximate surface area is 119 Å². The molecule has 0 aliphatic heterocycles. The molecule has 2 N–H and O–H groups in total. The third-order valence-corrected chi connectivity index (χ3v) is 3.04. The second-order valence-electron chi connectivity index (χ2n) is 4.74. The number of amides is 1. The third kappa shape index (κ3) is 3.82. The van der Waals surface area contributed by atoms with Gasteiger partial charge in [0.25, 0.3) is 5.91 Å². The maximum absolute atomic E-state index is 12.1. The number of nitrogens with one attached hydrogen (secondary N) is 2. The van der Waals surface area contributed by atoms with Crippen molar-refractivity contribution in [1.82, 2.24) is 10.3 Å². The average molecular weight is 269 g/mol. The largest absolute Gasteiger partial charge is 0.388 e. The first kappa shape index (κ1) is 14.1. The fourth-order valence-corrected chi connectivity index (χ4v) is 2.03. The van der Waals surface area contributed by atoms with Gasteiger partial charge in [-0.05, 0) is 31.0 Å². The van der Waals surface area contributed by atoms with E-state index in [4.69, 9.17) is 0 Å². The molecule has 0 saturated carbocycles. The number of benzene rings is 1. The Hall–Kier alpha value is -2.36. The van der Waals surface area contributed by atoms with Crippen LogP contribution in [0.1, 0.15) is 23.0 Å². The normalized spacial score (nSPS) is 11.7. The quantitative estimate of drug-likeness (QED) is 0.876. The van der Waals surface area contributed by atoms with E-state index in [1.165, 1.54) is 5.56 Å². The Morgan fingerprint density at radius 2 is 2.00 bits per heavy atom. The standard InChI is InChI=1S/C16H19N3O/c1-12(10-13-6-4-3-5-7-13)19-16(20)15-11-14(17-2)8-9-18-15/h3-9,11-12H,10H2,1-2H3,(H,17,18)(H,19,20). The molecule has 2 aromatic rings. The van der Waals surface area contributed by atoms with Crippen LogP contribution in [0.2, 0.25) is 0 Å². The van der Waals surface area contributed by atoms with E-state index in [2.05, 4.69) is 27.8 Å². The average Bonchev–Trinajstić information content (AvgIpc) is 2.48. The van der Waals surface area contributed by atoms with Crippen molar-refractivity contribution in [1.29, 1.82) is 0 Å². The van der Waals surface area contributed by atoms with Gasteiger partial charge in [-0.1, -0.05) is 30.3 Å². The van der Waals surface area contributed by atoms with Crippen LogP contribution in [0, 0.1) is 0 Å². The summed E-state index contributed by atoms with van der Waals surface area (Å²) in [6, 6.07) is 13.7. The molecule has 1 unspecified atom stereocenters. The van der Waals surface area contributed by atoms with Crippen molar-refractivity contribution in [2.24, 2.45) is 0 Å². The SMILES string of the molecule is CNc1ccnc(C(=O)NC(C)Cc2ccccc2)c1. The monoisotopic (exact) mass is 269 g/mol. The Bertz CT molecular complexity index is 569. The van der Waals surface area contributed by atoms with Crippen LogP contribution in [0.25, 0.3) is 0 Å². The van der Waals surface area contributed by atoms with E-state index in [0.29, 0.717) is 5.69 Å². The molecule has 1 amide bonds. The molecule has 0 aliphatic carbocycles. The van der Waals surface area contributed by atoms with Crippen LogP contribution >= 0.6 is 0 Å². The predicted octanol–water partition coefficient (Wildman–Crippen LogP) is 2.48. The van der Waals surface area contributed by atoms with E-state index in [-0.39, 0.29) is 11.9 Å². The molecule has 0 saturated heterocycles. The highest BCUT2D eigenvalue weighted by Crippen LogP contribution is 2.08. The first-order valence-corrected chi connectivity index (χ1v) is 6.67. The minimum atomic E-state index is -0.148. The molecule has 20 heavy (non-hydrogen) atoms. The Kier molecular flexibility index (Phi) is 4.71. The van der Waals surface area contributed by atoms with E-state index in [9.17, 15) is 4.79 Å². The van der Waals surface area contributed by atoms with Gasteiger partial charge < -0.3 is 10.6 Å². The zero-order valence-electron chi connectivity index (χ0n) is 11.8. The van der Waals surface area contributed by atoms with E-state index in [1.807, 2.05) is 38.2 Å². The summed E-state index contributed by atoms with van der Waals surface area (Å²) in [6.45, 7) is 1.99. The highest BCUT2D eigenvalue weighted by atomic mass is 16.1. The number of carbonyl (C=O) groups is 1. The molecule has 0 bridgehead atoms. The summed E-state index contributed by atoms with van der Waals surface area (Å²) >= 11 is 0. The second-order valence-corrected chi connectivity index (χ2v) is 4.74. The summed E-state index contributed by atoms with van der Waals surface area (Å²) in [5.41, 5.74) is 2.51. The minimum Gasteiger partial charge on any atom is -0.388 e. The van der Waals surface area contributed by atoms with Gasteiger partial charge in [-0.15, -0.1) is 0 Å². The summed E-state index contributed by atoms with van der Waals surface area (Å²) in [6.07, 6.45) is 2.43. The van der Waals surface area contributed by atoms with Crippen LogP contribution in [-0.4, -0.2) is 24.0 Å². The van der Waals surface area contributed by atoms with E-state index in [1.54, 1.807) is 12.3 Å². The summed E-state index contributed by atoms with van der Waals surface area (Å²) in [5.74, 6) is -0.148. The fourth-order valence-electron chi connectivity index (χ4n) is 2.03. The molecule has 4 heteroatoms. The number of aromatic nitrogens is 1. The lowest BCUT2D eigenvalue weighted by atomic mass is 10.1. The van der Waals surface area contributed by atoms with Crippen LogP contribution in [-0.2, 0) is 6.42 Å². The van der Waals surface area contributed by atoms with Gasteiger partial charge in [0.15, 0.2) is 0 Å². The van der Waals surface area contributed by atoms with Gasteiger partial charge in [-0.2, -0.15) is 0 Å². The van der Waals surface area contributed by atoms with Crippen molar-refractivity contribution in [3.8, 4) is 0 Å². The van der Waals surface area contributed by atoms with Gasteiger partial charge in [0.05, 0.1) is 0 Å². The van der Waals surface area contributed by atoms with Gasteiger partial charge in [0.1, 0.15) is 5.69 Å². The fraction of sp³-hybridized carbons (Fsp3) is 0.250. The molecule has 2 rings (SSSR count). The molecule has 0 fully saturated rings. The number of hydrogen-bond donors (Lipinski definition) is 2. The second kappa shape index (κ2) is 6.70. The van der Waals surface area contributed by atoms with Crippen molar-refractivity contribution in [2.45, 2.75) is 19.4 Å². The highest BCUT2D eigenvalue weighted by Gasteiger charge is 2.11. The number of anilines is 1. The number of rotatable bonds is 5. The van der Waals surface area contributed by atoms with Gasteiger partial charge in [0.2, 0.25) is 0 Å². The van der Waals surface area contributed by atoms with Crippen LogP contribution in [0.4, 0.5) is 5.69 Å². The summed E-state index contributed by atoms with van der Waals surface area (Å²) in [5, 5.41) is 5.96. The van der Waals surface area contributed by atoms with Gasteiger partial charge in [-0.3, -0.25) is 9.78 Å². The van der Waals surface area contributed by atoms with Crippen molar-refractivity contribution >= 4 is 11.6 Å². The van der Waals surface area contributed by atoms with Crippen LogP contribution < -0.4 is 10.6 Å². The maximum atomic E-state index is 12.1. The Balaban J connectivity index is 1.96. The van der Waals surface area contributed by atoms with Crippen molar-refractivity contribution in [2.75, 3.05) is 12.4 Å². The lowest BCUT2D eigenvalue weighted by Gasteiger charge is -2.14. The lowest BCUT2D eigenvalue weighted by Crippen LogP contribution is -2.34. The Morgan fingerprint density at radius 3 is 2.70 bits per heavy atom. The molecule has 1 aromatic carbocycles. The zero-order valence-corrected chi connectivity index (χ0v) is 11.8. The molecule has 4 nitrogen and oxygen atoms in total. The summed E-state index contributed by atoms with van der Waals surface area (Å²) in [4.78, 5) is 16.2. The van der Waals surface area contributed by atoms with Crippen molar-refractivity contribution in [3.63, 3.8) is 0 Å². The predicted molar refractivity (Wildman–Crippen MR) is 80.9 cm³/mol. The first-order valence-electron chi connectivity index (χ1n) is 6.67. The molecule has 0 spiro atoms. The lowest BCUT2D eigenvalue weighted by molar-refractivity contribution is 0.0935. The molecule has 1 heterocycles. The number of nitrogens with zero attached hydrogens (tertiary/aromatic N) is 1. The van der Waals surface area contributed by atoms with E-state index in [0.717, 1.165) is 12.1 Å². The summed E-state index contributed by atoms with van der Waals surface area (Å²) in [7, 11) is 1.81. The highest BCUT2D eigenvalue weighted by molar-refractivity contribution is 5.93.